The van der Waals surface area contributed by atoms with Gasteiger partial charge in [0.2, 0.25) is 0 Å². The van der Waals surface area contributed by atoms with Crippen LogP contribution in [0.1, 0.15) is 34.8 Å². The number of amides is 1. The van der Waals surface area contributed by atoms with Gasteiger partial charge in [-0.15, -0.1) is 0 Å². The molecular formula is C25H24ClIN2O3. The van der Waals surface area contributed by atoms with Gasteiger partial charge in [-0.25, -0.2) is 4.79 Å². The van der Waals surface area contributed by atoms with Crippen molar-refractivity contribution < 1.29 is 14.7 Å². The lowest BCUT2D eigenvalue weighted by Gasteiger charge is -2.26. The lowest BCUT2D eigenvalue weighted by Crippen LogP contribution is -2.38. The Morgan fingerprint density at radius 1 is 1.31 bits per heavy atom. The van der Waals surface area contributed by atoms with Crippen LogP contribution in [0.5, 0.6) is 0 Å². The van der Waals surface area contributed by atoms with Crippen molar-refractivity contribution in [2.75, 3.05) is 11.4 Å². The molecule has 2 aliphatic rings. The molecule has 0 radical (unpaired) electrons. The summed E-state index contributed by atoms with van der Waals surface area (Å²) in [6, 6.07) is 11.8. The minimum atomic E-state index is -0.925. The van der Waals surface area contributed by atoms with Gasteiger partial charge in [0.05, 0.1) is 21.8 Å². The molecule has 1 amide bonds. The first-order valence-corrected chi connectivity index (χ1v) is 12.0. The minimum absolute atomic E-state index is 0.0591. The van der Waals surface area contributed by atoms with Crippen LogP contribution in [0.4, 0.5) is 5.69 Å². The second-order valence-corrected chi connectivity index (χ2v) is 9.79. The Hall–Kier alpha value is -2.32. The van der Waals surface area contributed by atoms with E-state index in [1.807, 2.05) is 37.3 Å². The van der Waals surface area contributed by atoms with Gasteiger partial charge in [0.15, 0.2) is 0 Å². The summed E-state index contributed by atoms with van der Waals surface area (Å²) in [6.07, 6.45) is 6.69. The Kier molecular flexibility index (Phi) is 6.90. The number of carbonyl (C=O) groups excluding carboxylic acids is 1. The van der Waals surface area contributed by atoms with E-state index in [0.717, 1.165) is 32.8 Å². The Morgan fingerprint density at radius 3 is 2.81 bits per heavy atom. The van der Waals surface area contributed by atoms with Gasteiger partial charge in [-0.05, 0) is 71.7 Å². The van der Waals surface area contributed by atoms with Gasteiger partial charge in [-0.2, -0.15) is 0 Å². The van der Waals surface area contributed by atoms with Crippen LogP contribution in [0, 0.1) is 9.49 Å². The van der Waals surface area contributed by atoms with E-state index in [2.05, 4.69) is 44.9 Å². The molecule has 1 aliphatic heterocycles. The van der Waals surface area contributed by atoms with Crippen LogP contribution in [0.25, 0.3) is 0 Å². The van der Waals surface area contributed by atoms with Crippen LogP contribution in [0.3, 0.4) is 0 Å². The Morgan fingerprint density at radius 2 is 2.12 bits per heavy atom. The summed E-state index contributed by atoms with van der Waals surface area (Å²) < 4.78 is 1.02. The number of aliphatic carboxylic acids is 1. The lowest BCUT2D eigenvalue weighted by molar-refractivity contribution is -0.132. The fraction of sp³-hybridized carbons (Fsp3) is 0.280. The van der Waals surface area contributed by atoms with Gasteiger partial charge >= 0.3 is 5.97 Å². The number of hydrogen-bond acceptors (Lipinski definition) is 3. The number of rotatable bonds is 6. The number of para-hydroxylation sites is 1. The molecule has 2 aromatic carbocycles. The summed E-state index contributed by atoms with van der Waals surface area (Å²) in [5.41, 5.74) is 4.24. The Balaban J connectivity index is 1.50. The van der Waals surface area contributed by atoms with E-state index in [1.165, 1.54) is 5.56 Å². The zero-order valence-electron chi connectivity index (χ0n) is 17.6. The number of allylic oxidation sites excluding steroid dienone is 1. The van der Waals surface area contributed by atoms with Crippen molar-refractivity contribution in [2.45, 2.75) is 32.4 Å². The molecule has 2 N–H and O–H groups in total. The molecule has 1 heterocycles. The number of anilines is 1. The molecule has 1 aliphatic carbocycles. The highest BCUT2D eigenvalue weighted by Gasteiger charge is 2.27. The van der Waals surface area contributed by atoms with E-state index in [-0.39, 0.29) is 17.9 Å². The van der Waals surface area contributed by atoms with E-state index in [1.54, 1.807) is 12.2 Å². The van der Waals surface area contributed by atoms with E-state index in [9.17, 15) is 9.59 Å². The molecule has 2 atom stereocenters. The largest absolute Gasteiger partial charge is 0.478 e. The Bertz CT molecular complexity index is 1130. The molecule has 32 heavy (non-hydrogen) atoms. The maximum Gasteiger partial charge on any atom is 0.335 e. The Labute approximate surface area is 206 Å². The van der Waals surface area contributed by atoms with Crippen molar-refractivity contribution in [3.05, 3.63) is 85.5 Å². The molecule has 1 unspecified atom stereocenters. The third kappa shape index (κ3) is 4.86. The van der Waals surface area contributed by atoms with Crippen LogP contribution in [0.2, 0.25) is 5.02 Å². The minimum Gasteiger partial charge on any atom is -0.478 e. The second-order valence-electron chi connectivity index (χ2n) is 8.22. The number of fused-ring (bicyclic) bond motifs is 1. The highest BCUT2D eigenvalue weighted by molar-refractivity contribution is 14.1. The monoisotopic (exact) mass is 562 g/mol. The van der Waals surface area contributed by atoms with E-state index in [4.69, 9.17) is 16.7 Å². The van der Waals surface area contributed by atoms with Crippen LogP contribution >= 0.6 is 34.2 Å². The van der Waals surface area contributed by atoms with E-state index >= 15 is 0 Å². The molecule has 0 spiro atoms. The molecule has 0 bridgehead atoms. The first-order valence-electron chi connectivity index (χ1n) is 10.6. The summed E-state index contributed by atoms with van der Waals surface area (Å²) >= 11 is 8.52. The van der Waals surface area contributed by atoms with Gasteiger partial charge < -0.3 is 15.3 Å². The molecule has 4 rings (SSSR count). The van der Waals surface area contributed by atoms with Gasteiger partial charge in [-0.3, -0.25) is 4.79 Å². The first-order chi connectivity index (χ1) is 15.3. The highest BCUT2D eigenvalue weighted by atomic mass is 127. The molecule has 2 aromatic rings. The van der Waals surface area contributed by atoms with Gasteiger partial charge in [0.25, 0.3) is 5.91 Å². The molecule has 0 saturated heterocycles. The van der Waals surface area contributed by atoms with Crippen molar-refractivity contribution in [2.24, 2.45) is 5.92 Å². The average Bonchev–Trinajstić information content (AvgIpc) is 3.19. The fourth-order valence-electron chi connectivity index (χ4n) is 4.29. The third-order valence-electron chi connectivity index (χ3n) is 6.07. The van der Waals surface area contributed by atoms with Crippen LogP contribution in [-0.2, 0) is 17.8 Å². The maximum atomic E-state index is 13.2. The molecular weight excluding hydrogens is 539 g/mol. The van der Waals surface area contributed by atoms with Crippen molar-refractivity contribution in [3.8, 4) is 0 Å². The van der Waals surface area contributed by atoms with Crippen LogP contribution in [0.15, 0.2) is 60.2 Å². The van der Waals surface area contributed by atoms with E-state index < -0.39 is 5.97 Å². The average molecular weight is 563 g/mol. The summed E-state index contributed by atoms with van der Waals surface area (Å²) in [7, 11) is 0. The number of carboxylic acid groups (broad SMARTS) is 1. The summed E-state index contributed by atoms with van der Waals surface area (Å²) in [4.78, 5) is 26.6. The van der Waals surface area contributed by atoms with Crippen molar-refractivity contribution in [3.63, 3.8) is 0 Å². The smallest absolute Gasteiger partial charge is 0.335 e. The number of benzene rings is 2. The third-order valence-corrected chi connectivity index (χ3v) is 7.64. The number of carboxylic acids is 1. The number of nitrogens with zero attached hydrogens (tertiary/aromatic N) is 1. The summed E-state index contributed by atoms with van der Waals surface area (Å²) in [5, 5.41) is 13.0. The number of carbonyl (C=O) groups is 2. The number of nitrogens with one attached hydrogen (secondary N) is 1. The molecule has 0 saturated carbocycles. The van der Waals surface area contributed by atoms with Crippen molar-refractivity contribution in [1.82, 2.24) is 5.32 Å². The standard InChI is InChI=1S/C25H24ClIN2O3/c1-15(17-6-8-19(9-7-17)25(31)32)28-24(30)20-4-2-3-18-11-12-29(23(18)20)14-16-5-10-22(27)21(26)13-16/h2-6,8-10,13,15,17H,7,11-12,14H2,1H3,(H,28,30)(H,31,32)/t15-,17?/m0/s1. The van der Waals surface area contributed by atoms with Crippen molar-refractivity contribution in [1.29, 1.82) is 0 Å². The lowest BCUT2D eigenvalue weighted by atomic mass is 9.91. The van der Waals surface area contributed by atoms with E-state index in [0.29, 0.717) is 24.1 Å². The summed E-state index contributed by atoms with van der Waals surface area (Å²) in [6.45, 7) is 3.51. The van der Waals surface area contributed by atoms with Gasteiger partial charge in [0, 0.05) is 28.6 Å². The van der Waals surface area contributed by atoms with Crippen LogP contribution < -0.4 is 10.2 Å². The zero-order valence-corrected chi connectivity index (χ0v) is 20.6. The quantitative estimate of drug-likeness (QED) is 0.474. The number of hydrogen-bond donors (Lipinski definition) is 2. The zero-order chi connectivity index (χ0) is 22.8. The molecule has 5 nitrogen and oxygen atoms in total. The topological polar surface area (TPSA) is 69.6 Å². The molecule has 0 fully saturated rings. The second kappa shape index (κ2) is 9.67. The number of halogens is 2. The van der Waals surface area contributed by atoms with Crippen LogP contribution in [-0.4, -0.2) is 29.6 Å². The normalized spacial score (nSPS) is 18.2. The summed E-state index contributed by atoms with van der Waals surface area (Å²) in [5.74, 6) is -0.974. The fourth-order valence-corrected chi connectivity index (χ4v) is 4.83. The molecule has 166 valence electrons. The van der Waals surface area contributed by atoms with Gasteiger partial charge in [0.1, 0.15) is 0 Å². The maximum absolute atomic E-state index is 13.2. The SMILES string of the molecule is C[C@H](NC(=O)c1cccc2c1N(Cc1ccc(I)c(Cl)c1)CC2)C1C=CC(C(=O)O)=CC1. The molecule has 7 heteroatoms. The van der Waals surface area contributed by atoms with Crippen molar-refractivity contribution >= 4 is 51.8 Å². The van der Waals surface area contributed by atoms with Gasteiger partial charge in [-0.1, -0.05) is 48.0 Å². The highest BCUT2D eigenvalue weighted by Crippen LogP contribution is 2.34. The predicted molar refractivity (Wildman–Crippen MR) is 135 cm³/mol. The molecule has 0 aromatic heterocycles. The first kappa shape index (κ1) is 22.9. The predicted octanol–water partition coefficient (Wildman–Crippen LogP) is 5.21.